The van der Waals surface area contributed by atoms with Crippen LogP contribution >= 0.6 is 0 Å². The van der Waals surface area contributed by atoms with Crippen LogP contribution in [0.15, 0.2) is 36.5 Å². The molecule has 2 aromatic rings. The maximum Gasteiger partial charge on any atom is 0.256 e. The summed E-state index contributed by atoms with van der Waals surface area (Å²) in [5.74, 6) is 0.137. The maximum absolute atomic E-state index is 12.7. The Morgan fingerprint density at radius 2 is 2.15 bits per heavy atom. The highest BCUT2D eigenvalue weighted by molar-refractivity contribution is 5.96. The fourth-order valence-electron chi connectivity index (χ4n) is 3.58. The van der Waals surface area contributed by atoms with Crippen LogP contribution in [0.2, 0.25) is 0 Å². The Bertz CT molecular complexity index is 708. The van der Waals surface area contributed by atoms with Gasteiger partial charge in [0.2, 0.25) is 0 Å². The van der Waals surface area contributed by atoms with Crippen molar-refractivity contribution in [2.75, 3.05) is 6.54 Å². The van der Waals surface area contributed by atoms with Gasteiger partial charge in [0, 0.05) is 19.2 Å². The van der Waals surface area contributed by atoms with E-state index in [0.717, 1.165) is 30.6 Å². The van der Waals surface area contributed by atoms with Crippen LogP contribution in [0.3, 0.4) is 0 Å². The number of pyridine rings is 1. The zero-order valence-corrected chi connectivity index (χ0v) is 11.5. The summed E-state index contributed by atoms with van der Waals surface area (Å²) in [6.45, 7) is 2.95. The highest BCUT2D eigenvalue weighted by Crippen LogP contribution is 2.38. The third-order valence-electron chi connectivity index (χ3n) is 4.51. The molecule has 0 saturated carbocycles. The summed E-state index contributed by atoms with van der Waals surface area (Å²) in [6.07, 6.45) is 3.57. The number of hydrogen-bond acceptors (Lipinski definition) is 2. The molecule has 0 N–H and O–H groups in total. The van der Waals surface area contributed by atoms with E-state index in [0.29, 0.717) is 0 Å². The minimum absolute atomic E-state index is 0.137. The highest BCUT2D eigenvalue weighted by atomic mass is 16.2. The van der Waals surface area contributed by atoms with Crippen molar-refractivity contribution in [3.05, 3.63) is 64.5 Å². The van der Waals surface area contributed by atoms with Crippen LogP contribution < -0.4 is 0 Å². The molecule has 0 spiro atoms. The molecule has 4 rings (SSSR count). The van der Waals surface area contributed by atoms with Crippen molar-refractivity contribution in [1.29, 1.82) is 0 Å². The summed E-state index contributed by atoms with van der Waals surface area (Å²) in [7, 11) is 0. The van der Waals surface area contributed by atoms with Gasteiger partial charge in [-0.05, 0) is 42.2 Å². The van der Waals surface area contributed by atoms with Crippen molar-refractivity contribution < 1.29 is 4.79 Å². The first-order chi connectivity index (χ1) is 9.75. The predicted octanol–water partition coefficient (Wildman–Crippen LogP) is 2.69. The fraction of sp³-hybridized carbons (Fsp3) is 0.294. The van der Waals surface area contributed by atoms with Crippen LogP contribution in [0.4, 0.5) is 0 Å². The zero-order valence-electron chi connectivity index (χ0n) is 11.5. The van der Waals surface area contributed by atoms with Crippen molar-refractivity contribution in [1.82, 2.24) is 9.88 Å². The highest BCUT2D eigenvalue weighted by Gasteiger charge is 2.37. The first-order valence-corrected chi connectivity index (χ1v) is 7.09. The van der Waals surface area contributed by atoms with Gasteiger partial charge in [0.25, 0.3) is 5.91 Å². The molecule has 3 heteroatoms. The first-order valence-electron chi connectivity index (χ1n) is 7.09. The molecule has 0 bridgehead atoms. The van der Waals surface area contributed by atoms with E-state index in [1.54, 1.807) is 6.20 Å². The van der Waals surface area contributed by atoms with Gasteiger partial charge in [-0.2, -0.15) is 0 Å². The Hall–Kier alpha value is -2.16. The molecule has 0 aliphatic carbocycles. The molecular formula is C17H16N2O. The van der Waals surface area contributed by atoms with Gasteiger partial charge in [0.15, 0.2) is 0 Å². The third-order valence-corrected chi connectivity index (χ3v) is 4.51. The van der Waals surface area contributed by atoms with E-state index in [2.05, 4.69) is 30.1 Å². The predicted molar refractivity (Wildman–Crippen MR) is 76.6 cm³/mol. The second-order valence-corrected chi connectivity index (χ2v) is 5.61. The molecule has 1 amide bonds. The van der Waals surface area contributed by atoms with Crippen molar-refractivity contribution in [2.45, 2.75) is 25.8 Å². The number of aryl methyl sites for hydroxylation is 1. The topological polar surface area (TPSA) is 33.2 Å². The molecule has 2 aliphatic heterocycles. The van der Waals surface area contributed by atoms with Crippen LogP contribution in [0.1, 0.15) is 38.8 Å². The quantitative estimate of drug-likeness (QED) is 0.733. The number of benzene rings is 1. The van der Waals surface area contributed by atoms with Crippen molar-refractivity contribution in [3.63, 3.8) is 0 Å². The SMILES string of the molecule is Cc1cccc2c1C1Cc3ncccc3C(=O)N1CC2. The Balaban J connectivity index is 1.88. The van der Waals surface area contributed by atoms with Crippen LogP contribution in [-0.2, 0) is 12.8 Å². The molecule has 0 fully saturated rings. The maximum atomic E-state index is 12.7. The Kier molecular flexibility index (Phi) is 2.43. The summed E-state index contributed by atoms with van der Waals surface area (Å²) in [5.41, 5.74) is 5.72. The van der Waals surface area contributed by atoms with Crippen molar-refractivity contribution in [2.24, 2.45) is 0 Å². The summed E-state index contributed by atoms with van der Waals surface area (Å²) in [4.78, 5) is 19.1. The van der Waals surface area contributed by atoms with E-state index in [-0.39, 0.29) is 11.9 Å². The van der Waals surface area contributed by atoms with Crippen molar-refractivity contribution >= 4 is 5.91 Å². The minimum Gasteiger partial charge on any atom is -0.331 e. The molecule has 3 nitrogen and oxygen atoms in total. The normalized spacial score (nSPS) is 20.1. The van der Waals surface area contributed by atoms with Gasteiger partial charge in [-0.1, -0.05) is 18.2 Å². The lowest BCUT2D eigenvalue weighted by atomic mass is 9.83. The third kappa shape index (κ3) is 1.52. The molecule has 3 heterocycles. The summed E-state index contributed by atoms with van der Waals surface area (Å²) >= 11 is 0. The fourth-order valence-corrected chi connectivity index (χ4v) is 3.58. The average molecular weight is 264 g/mol. The van der Waals surface area contributed by atoms with Gasteiger partial charge in [-0.25, -0.2) is 0 Å². The molecule has 20 heavy (non-hydrogen) atoms. The van der Waals surface area contributed by atoms with E-state index in [4.69, 9.17) is 0 Å². The molecule has 100 valence electrons. The van der Waals surface area contributed by atoms with E-state index < -0.39 is 0 Å². The average Bonchev–Trinajstić information content (AvgIpc) is 2.47. The van der Waals surface area contributed by atoms with Gasteiger partial charge in [-0.3, -0.25) is 9.78 Å². The van der Waals surface area contributed by atoms with Gasteiger partial charge in [-0.15, -0.1) is 0 Å². The van der Waals surface area contributed by atoms with E-state index in [1.807, 2.05) is 17.0 Å². The lowest BCUT2D eigenvalue weighted by molar-refractivity contribution is 0.0628. The Morgan fingerprint density at radius 3 is 3.05 bits per heavy atom. The van der Waals surface area contributed by atoms with E-state index >= 15 is 0 Å². The molecule has 0 saturated heterocycles. The molecular weight excluding hydrogens is 248 g/mol. The van der Waals surface area contributed by atoms with Gasteiger partial charge < -0.3 is 4.90 Å². The van der Waals surface area contributed by atoms with E-state index in [1.165, 1.54) is 16.7 Å². The number of aromatic nitrogens is 1. The molecule has 1 atom stereocenters. The van der Waals surface area contributed by atoms with E-state index in [9.17, 15) is 4.79 Å². The molecule has 0 radical (unpaired) electrons. The van der Waals surface area contributed by atoms with Crippen LogP contribution in [0, 0.1) is 6.92 Å². The molecule has 1 unspecified atom stereocenters. The van der Waals surface area contributed by atoms with Crippen molar-refractivity contribution in [3.8, 4) is 0 Å². The molecule has 2 aliphatic rings. The number of carbonyl (C=O) groups is 1. The zero-order chi connectivity index (χ0) is 13.7. The van der Waals surface area contributed by atoms with Crippen LogP contribution in [0.25, 0.3) is 0 Å². The Labute approximate surface area is 118 Å². The number of amides is 1. The monoisotopic (exact) mass is 264 g/mol. The number of hydrogen-bond donors (Lipinski definition) is 0. The summed E-state index contributed by atoms with van der Waals surface area (Å²) in [6, 6.07) is 10.4. The molecule has 1 aromatic heterocycles. The van der Waals surface area contributed by atoms with Gasteiger partial charge in [0.05, 0.1) is 17.3 Å². The summed E-state index contributed by atoms with van der Waals surface area (Å²) < 4.78 is 0. The number of nitrogens with zero attached hydrogens (tertiary/aromatic N) is 2. The molecule has 1 aromatic carbocycles. The lowest BCUT2D eigenvalue weighted by Crippen LogP contribution is -2.45. The van der Waals surface area contributed by atoms with Gasteiger partial charge >= 0.3 is 0 Å². The number of rotatable bonds is 0. The van der Waals surface area contributed by atoms with Gasteiger partial charge in [0.1, 0.15) is 0 Å². The largest absolute Gasteiger partial charge is 0.331 e. The summed E-state index contributed by atoms with van der Waals surface area (Å²) in [5, 5.41) is 0. The number of carbonyl (C=O) groups excluding carboxylic acids is 1. The lowest BCUT2D eigenvalue weighted by Gasteiger charge is -2.41. The van der Waals surface area contributed by atoms with Crippen LogP contribution in [-0.4, -0.2) is 22.3 Å². The minimum atomic E-state index is 0.137. The standard InChI is InChI=1S/C17H16N2O/c1-11-4-2-5-12-7-9-19-15(16(11)12)10-14-13(17(19)20)6-3-8-18-14/h2-6,8,15H,7,9-10H2,1H3. The van der Waals surface area contributed by atoms with Crippen LogP contribution in [0.5, 0.6) is 0 Å². The number of fused-ring (bicyclic) bond motifs is 4. The first kappa shape index (κ1) is 11.6. The second kappa shape index (κ2) is 4.17. The Morgan fingerprint density at radius 1 is 1.25 bits per heavy atom. The second-order valence-electron chi connectivity index (χ2n) is 5.61. The smallest absolute Gasteiger partial charge is 0.256 e.